The summed E-state index contributed by atoms with van der Waals surface area (Å²) >= 11 is 0. The summed E-state index contributed by atoms with van der Waals surface area (Å²) in [5.41, 5.74) is -0.829. The van der Waals surface area contributed by atoms with Crippen LogP contribution in [0.25, 0.3) is 0 Å². The molecule has 1 fully saturated rings. The Kier molecular flexibility index (Phi) is 4.69. The molecule has 7 heteroatoms. The van der Waals surface area contributed by atoms with Crippen LogP contribution in [-0.4, -0.2) is 40.1 Å². The molecule has 1 unspecified atom stereocenters. The van der Waals surface area contributed by atoms with Crippen LogP contribution < -0.4 is 0 Å². The largest absolute Gasteiger partial charge is 0.400 e. The van der Waals surface area contributed by atoms with Gasteiger partial charge in [-0.1, -0.05) is 0 Å². The van der Waals surface area contributed by atoms with Gasteiger partial charge in [-0.05, 0) is 20.8 Å². The van der Waals surface area contributed by atoms with Crippen molar-refractivity contribution in [3.8, 4) is 0 Å². The lowest BCUT2D eigenvalue weighted by atomic mass is 10.1. The summed E-state index contributed by atoms with van der Waals surface area (Å²) in [6.07, 6.45) is 0.136. The van der Waals surface area contributed by atoms with Gasteiger partial charge in [-0.25, -0.2) is 8.37 Å². The highest BCUT2D eigenvalue weighted by Gasteiger charge is 2.40. The minimum Gasteiger partial charge on any atom is -0.353 e. The summed E-state index contributed by atoms with van der Waals surface area (Å²) in [7, 11) is -3.80. The molecule has 96 valence electrons. The topological polar surface area (TPSA) is 71.1 Å². The van der Waals surface area contributed by atoms with Crippen LogP contribution in [0.4, 0.5) is 0 Å². The summed E-state index contributed by atoms with van der Waals surface area (Å²) < 4.78 is 41.7. The second-order valence-corrected chi connectivity index (χ2v) is 5.07. The Bertz CT molecular complexity index is 314. The van der Waals surface area contributed by atoms with E-state index in [9.17, 15) is 8.42 Å². The van der Waals surface area contributed by atoms with Crippen LogP contribution in [0.1, 0.15) is 27.2 Å². The predicted molar refractivity (Wildman–Crippen MR) is 56.0 cm³/mol. The first kappa shape index (κ1) is 13.9. The van der Waals surface area contributed by atoms with E-state index in [-0.39, 0.29) is 12.9 Å². The summed E-state index contributed by atoms with van der Waals surface area (Å²) in [6, 6.07) is 0. The minimum absolute atomic E-state index is 0.0295. The molecule has 0 saturated carbocycles. The average molecular weight is 254 g/mol. The molecule has 0 N–H and O–H groups in total. The van der Waals surface area contributed by atoms with Gasteiger partial charge < -0.3 is 9.47 Å². The van der Waals surface area contributed by atoms with E-state index in [1.54, 1.807) is 13.8 Å². The molecular weight excluding hydrogens is 236 g/mol. The second kappa shape index (κ2) is 5.42. The van der Waals surface area contributed by atoms with Gasteiger partial charge in [-0.2, -0.15) is 8.42 Å². The van der Waals surface area contributed by atoms with Crippen molar-refractivity contribution in [2.45, 2.75) is 39.1 Å². The fraction of sp³-hybridized carbons (Fsp3) is 1.00. The fourth-order valence-corrected chi connectivity index (χ4v) is 2.39. The van der Waals surface area contributed by atoms with Crippen molar-refractivity contribution in [1.82, 2.24) is 0 Å². The smallest absolute Gasteiger partial charge is 0.353 e. The van der Waals surface area contributed by atoms with Gasteiger partial charge in [-0.15, -0.1) is 0 Å². The number of hydrogen-bond donors (Lipinski definition) is 0. The molecule has 0 amide bonds. The highest BCUT2D eigenvalue weighted by molar-refractivity contribution is 7.82. The van der Waals surface area contributed by atoms with Gasteiger partial charge in [-0.3, -0.25) is 0 Å². The lowest BCUT2D eigenvalue weighted by Crippen LogP contribution is -2.30. The highest BCUT2D eigenvalue weighted by atomic mass is 32.3. The quantitative estimate of drug-likeness (QED) is 0.654. The van der Waals surface area contributed by atoms with Crippen LogP contribution in [0.3, 0.4) is 0 Å². The maximum absolute atomic E-state index is 10.9. The molecule has 1 saturated heterocycles. The zero-order chi connectivity index (χ0) is 12.2. The summed E-state index contributed by atoms with van der Waals surface area (Å²) in [6.45, 7) is 6.30. The van der Waals surface area contributed by atoms with Gasteiger partial charge in [0.15, 0.2) is 6.29 Å². The molecule has 0 aromatic rings. The van der Waals surface area contributed by atoms with Crippen LogP contribution >= 0.6 is 0 Å². The van der Waals surface area contributed by atoms with Crippen LogP contribution in [0.2, 0.25) is 0 Å². The molecule has 0 radical (unpaired) electrons. The first-order valence-corrected chi connectivity index (χ1v) is 6.53. The first-order valence-electron chi connectivity index (χ1n) is 5.20. The number of rotatable bonds is 6. The maximum Gasteiger partial charge on any atom is 0.400 e. The zero-order valence-electron chi connectivity index (χ0n) is 9.76. The number of ether oxygens (including phenoxy) is 2. The zero-order valence-corrected chi connectivity index (χ0v) is 10.6. The third-order valence-electron chi connectivity index (χ3n) is 2.20. The van der Waals surface area contributed by atoms with E-state index < -0.39 is 16.0 Å². The molecule has 0 aromatic carbocycles. The van der Waals surface area contributed by atoms with Crippen molar-refractivity contribution in [2.24, 2.45) is 0 Å². The molecule has 0 aliphatic carbocycles. The summed E-state index contributed by atoms with van der Waals surface area (Å²) in [4.78, 5) is 0. The summed E-state index contributed by atoms with van der Waals surface area (Å²) in [5, 5.41) is 0. The fourth-order valence-electron chi connectivity index (χ4n) is 1.33. The van der Waals surface area contributed by atoms with E-state index in [1.807, 2.05) is 6.92 Å². The van der Waals surface area contributed by atoms with Crippen LogP contribution in [0, 0.1) is 0 Å². The number of hydrogen-bond acceptors (Lipinski definition) is 6. The Morgan fingerprint density at radius 1 is 1.44 bits per heavy atom. The monoisotopic (exact) mass is 254 g/mol. The van der Waals surface area contributed by atoms with Gasteiger partial charge in [0.1, 0.15) is 5.60 Å². The Morgan fingerprint density at radius 2 is 2.12 bits per heavy atom. The van der Waals surface area contributed by atoms with Crippen LogP contribution in [0.15, 0.2) is 0 Å². The normalized spacial score (nSPS) is 30.4. The molecule has 1 aliphatic heterocycles. The van der Waals surface area contributed by atoms with Crippen molar-refractivity contribution in [2.75, 3.05) is 19.8 Å². The van der Waals surface area contributed by atoms with E-state index in [2.05, 4.69) is 4.18 Å². The van der Waals surface area contributed by atoms with Crippen molar-refractivity contribution >= 4 is 10.4 Å². The Balaban J connectivity index is 2.28. The molecule has 0 aromatic heterocycles. The molecule has 1 heterocycles. The highest BCUT2D eigenvalue weighted by Crippen LogP contribution is 2.27. The van der Waals surface area contributed by atoms with E-state index in [1.165, 1.54) is 0 Å². The maximum atomic E-state index is 10.9. The second-order valence-electron chi connectivity index (χ2n) is 3.85. The molecule has 6 nitrogen and oxygen atoms in total. The molecule has 16 heavy (non-hydrogen) atoms. The third-order valence-corrected chi connectivity index (χ3v) is 3.21. The molecule has 2 atom stereocenters. The Labute approximate surface area is 96.2 Å². The molecular formula is C9H18O6S. The molecule has 0 bridgehead atoms. The Hall–Kier alpha value is -0.210. The molecule has 1 aliphatic rings. The predicted octanol–water partition coefficient (Wildman–Crippen LogP) is 0.826. The SMILES string of the molecule is CCOC(C)OCC[C@]1(C)COS(=O)(=O)O1. The summed E-state index contributed by atoms with van der Waals surface area (Å²) in [5.74, 6) is 0. The van der Waals surface area contributed by atoms with E-state index >= 15 is 0 Å². The first-order chi connectivity index (χ1) is 7.37. The van der Waals surface area contributed by atoms with Gasteiger partial charge in [0, 0.05) is 13.0 Å². The lowest BCUT2D eigenvalue weighted by molar-refractivity contribution is -0.133. The van der Waals surface area contributed by atoms with Crippen molar-refractivity contribution in [3.05, 3.63) is 0 Å². The lowest BCUT2D eigenvalue weighted by Gasteiger charge is -2.20. The average Bonchev–Trinajstić information content (AvgIpc) is 2.41. The van der Waals surface area contributed by atoms with Gasteiger partial charge in [0.2, 0.25) is 0 Å². The van der Waals surface area contributed by atoms with E-state index in [0.29, 0.717) is 19.6 Å². The van der Waals surface area contributed by atoms with Gasteiger partial charge >= 0.3 is 10.4 Å². The van der Waals surface area contributed by atoms with Crippen molar-refractivity contribution in [3.63, 3.8) is 0 Å². The molecule has 0 spiro atoms. The van der Waals surface area contributed by atoms with Gasteiger partial charge in [0.05, 0.1) is 13.2 Å². The van der Waals surface area contributed by atoms with Crippen molar-refractivity contribution < 1.29 is 26.3 Å². The standard InChI is InChI=1S/C9H18O6S/c1-4-12-8(2)13-6-5-9(3)7-14-16(10,11)15-9/h8H,4-7H2,1-3H3/t8?,9-/m1/s1. The van der Waals surface area contributed by atoms with Gasteiger partial charge in [0.25, 0.3) is 0 Å². The third kappa shape index (κ3) is 4.34. The minimum atomic E-state index is -3.80. The Morgan fingerprint density at radius 3 is 2.62 bits per heavy atom. The van der Waals surface area contributed by atoms with Crippen LogP contribution in [0.5, 0.6) is 0 Å². The van der Waals surface area contributed by atoms with Crippen LogP contribution in [-0.2, 0) is 28.2 Å². The molecule has 1 rings (SSSR count). The van der Waals surface area contributed by atoms with Crippen molar-refractivity contribution in [1.29, 1.82) is 0 Å². The van der Waals surface area contributed by atoms with E-state index in [0.717, 1.165) is 0 Å². The van der Waals surface area contributed by atoms with E-state index in [4.69, 9.17) is 13.7 Å².